The number of rotatable bonds is 15. The zero-order valence-electron chi connectivity index (χ0n) is 25.2. The van der Waals surface area contributed by atoms with Crippen molar-refractivity contribution in [2.45, 2.75) is 56.3 Å². The molecule has 28 nitrogen and oxygen atoms in total. The SMILES string of the molecule is Cc1cn([C@@H]2C[C@H](N=[N+]=[N-])[C@@H](COP(=O)(O)OP(=O)(O)OP(=O)(O)OP(=O)(O)OC[C@H]3O[C@@H](n4ccc(=O)[nH]c4=O)[C@H](O)[C@@H]3O)O2)c(=O)[nH]c1=O. The van der Waals surface area contributed by atoms with E-state index in [0.717, 1.165) is 23.0 Å². The molecular formula is C19H27N7O21P4. The molecule has 2 saturated heterocycles. The van der Waals surface area contributed by atoms with E-state index >= 15 is 0 Å². The Morgan fingerprint density at radius 1 is 0.863 bits per heavy atom. The molecule has 32 heteroatoms. The standard InChI is InChI=1S/C19H27N7O21P4/c1-8-5-26(19(32)22-16(8)30)13-4-9(23-24-20)10(43-13)6-41-48(33,34)45-50(37,38)47-51(39,40)46-49(35,36)42-7-11-14(28)15(29)17(44-11)25-3-2-12(27)21-18(25)31/h2-3,5,9-11,13-15,17,28-29H,4,6-7H2,1H3,(H,33,34)(H,35,36)(H,37,38)(H,39,40)(H,21,27,31)(H,22,30,32)/t9-,10+,11+,13-,14+,15+,17+/m0/s1. The fraction of sp³-hybridized carbons (Fsp3) is 0.579. The number of ether oxygens (including phenoxy) is 2. The van der Waals surface area contributed by atoms with E-state index in [4.69, 9.17) is 15.0 Å². The topological polar surface area (TPSA) is 413 Å². The van der Waals surface area contributed by atoms with Crippen LogP contribution in [0.4, 0.5) is 0 Å². The second kappa shape index (κ2) is 15.6. The molecule has 2 aliphatic heterocycles. The molecule has 2 aliphatic rings. The van der Waals surface area contributed by atoms with Crippen molar-refractivity contribution in [3.63, 3.8) is 0 Å². The Labute approximate surface area is 280 Å². The van der Waals surface area contributed by atoms with Gasteiger partial charge in [-0.25, -0.2) is 27.8 Å². The summed E-state index contributed by atoms with van der Waals surface area (Å²) in [4.78, 5) is 92.9. The van der Waals surface area contributed by atoms with Gasteiger partial charge in [-0.3, -0.25) is 37.7 Å². The monoisotopic (exact) mass is 813 g/mol. The van der Waals surface area contributed by atoms with Gasteiger partial charge in [0.2, 0.25) is 0 Å². The van der Waals surface area contributed by atoms with Gasteiger partial charge in [-0.15, -0.1) is 0 Å². The molecular weight excluding hydrogens is 786 g/mol. The van der Waals surface area contributed by atoms with Crippen molar-refractivity contribution < 1.29 is 79.5 Å². The predicted octanol–water partition coefficient (Wildman–Crippen LogP) is -1.53. The first-order chi connectivity index (χ1) is 23.5. The second-order valence-corrected chi connectivity index (χ2v) is 16.6. The number of nitrogens with zero attached hydrogens (tertiary/aromatic N) is 5. The summed E-state index contributed by atoms with van der Waals surface area (Å²) in [6.45, 7) is -0.877. The van der Waals surface area contributed by atoms with Crippen LogP contribution in [-0.2, 0) is 49.7 Å². The van der Waals surface area contributed by atoms with Gasteiger partial charge in [0.1, 0.15) is 24.5 Å². The molecule has 0 spiro atoms. The molecule has 0 aliphatic carbocycles. The zero-order valence-corrected chi connectivity index (χ0v) is 28.8. The third kappa shape index (κ3) is 10.6. The molecule has 0 aromatic carbocycles. The summed E-state index contributed by atoms with van der Waals surface area (Å²) >= 11 is 0. The van der Waals surface area contributed by atoms with Crippen LogP contribution in [-0.4, -0.2) is 92.6 Å². The van der Waals surface area contributed by atoms with Crippen LogP contribution in [0.15, 0.2) is 42.8 Å². The highest BCUT2D eigenvalue weighted by molar-refractivity contribution is 7.69. The number of phosphoric ester groups is 2. The van der Waals surface area contributed by atoms with Gasteiger partial charge in [-0.1, -0.05) is 5.11 Å². The highest BCUT2D eigenvalue weighted by Crippen LogP contribution is 2.71. The Bertz CT molecular complexity index is 2110. The number of aromatic amines is 2. The number of azide groups is 1. The number of aliphatic hydroxyl groups is 2. The molecule has 8 N–H and O–H groups in total. The summed E-state index contributed by atoms with van der Waals surface area (Å²) in [6, 6.07) is -0.311. The van der Waals surface area contributed by atoms with Gasteiger partial charge in [-0.2, -0.15) is 12.9 Å². The van der Waals surface area contributed by atoms with Crippen molar-refractivity contribution in [3.05, 3.63) is 76.1 Å². The molecule has 4 heterocycles. The van der Waals surface area contributed by atoms with Gasteiger partial charge in [0.05, 0.1) is 25.4 Å². The maximum atomic E-state index is 12.4. The zero-order chi connectivity index (χ0) is 38.1. The van der Waals surface area contributed by atoms with Crippen LogP contribution >= 0.6 is 31.3 Å². The highest BCUT2D eigenvalue weighted by atomic mass is 31.3. The van der Waals surface area contributed by atoms with Crippen LogP contribution in [0.5, 0.6) is 0 Å². The largest absolute Gasteiger partial charge is 0.490 e. The minimum absolute atomic E-state index is 0.0947. The van der Waals surface area contributed by atoms with Crippen LogP contribution in [0.1, 0.15) is 24.4 Å². The van der Waals surface area contributed by atoms with E-state index in [-0.39, 0.29) is 12.0 Å². The first kappa shape index (κ1) is 40.8. The lowest BCUT2D eigenvalue weighted by atomic mass is 10.1. The molecule has 0 saturated carbocycles. The van der Waals surface area contributed by atoms with Crippen molar-refractivity contribution in [2.75, 3.05) is 13.2 Å². The molecule has 0 radical (unpaired) electrons. The summed E-state index contributed by atoms with van der Waals surface area (Å²) in [6.07, 6.45) is -8.01. The highest BCUT2D eigenvalue weighted by Gasteiger charge is 2.49. The molecule has 2 aromatic heterocycles. The first-order valence-electron chi connectivity index (χ1n) is 13.6. The number of phosphoric acid groups is 4. The third-order valence-corrected chi connectivity index (χ3v) is 12.6. The summed E-state index contributed by atoms with van der Waals surface area (Å²) in [5, 5.41) is 23.8. The maximum absolute atomic E-state index is 12.4. The number of aryl methyl sites for hydroxylation is 1. The van der Waals surface area contributed by atoms with E-state index in [9.17, 15) is 67.2 Å². The molecule has 0 amide bonds. The fourth-order valence-corrected chi connectivity index (χ4v) is 9.50. The lowest BCUT2D eigenvalue weighted by molar-refractivity contribution is -0.0542. The van der Waals surface area contributed by atoms with Crippen molar-refractivity contribution in [1.82, 2.24) is 19.1 Å². The number of hydrogen-bond acceptors (Lipinski definition) is 18. The molecule has 4 rings (SSSR count). The van der Waals surface area contributed by atoms with E-state index in [1.165, 1.54) is 6.92 Å². The van der Waals surface area contributed by atoms with Crippen LogP contribution in [0.3, 0.4) is 0 Å². The number of hydrogen-bond donors (Lipinski definition) is 8. The van der Waals surface area contributed by atoms with Crippen LogP contribution in [0.2, 0.25) is 0 Å². The molecule has 4 unspecified atom stereocenters. The lowest BCUT2D eigenvalue weighted by Crippen LogP contribution is -2.37. The Balaban J connectivity index is 1.33. The van der Waals surface area contributed by atoms with Crippen LogP contribution in [0.25, 0.3) is 10.4 Å². The number of H-pyrrole nitrogens is 2. The van der Waals surface area contributed by atoms with E-state index in [2.05, 4.69) is 32.0 Å². The Hall–Kier alpha value is -2.93. The second-order valence-electron chi connectivity index (χ2n) is 10.4. The van der Waals surface area contributed by atoms with E-state index in [0.29, 0.717) is 4.57 Å². The Morgan fingerprint density at radius 3 is 1.98 bits per heavy atom. The molecule has 0 bridgehead atoms. The smallest absolute Gasteiger partial charge is 0.387 e. The molecule has 284 valence electrons. The molecule has 2 fully saturated rings. The average Bonchev–Trinajstić information content (AvgIpc) is 3.51. The molecule has 2 aromatic rings. The van der Waals surface area contributed by atoms with E-state index in [1.54, 1.807) is 0 Å². The summed E-state index contributed by atoms with van der Waals surface area (Å²) in [5.41, 5.74) is 5.46. The third-order valence-electron chi connectivity index (χ3n) is 6.75. The van der Waals surface area contributed by atoms with Gasteiger partial charge in [-0.05, 0) is 12.5 Å². The van der Waals surface area contributed by atoms with Gasteiger partial charge in [0.15, 0.2) is 6.23 Å². The number of aromatic nitrogens is 4. The minimum atomic E-state index is -6.23. The summed E-state index contributed by atoms with van der Waals surface area (Å²) < 4.78 is 81.9. The predicted molar refractivity (Wildman–Crippen MR) is 159 cm³/mol. The molecule has 51 heavy (non-hydrogen) atoms. The van der Waals surface area contributed by atoms with Gasteiger partial charge in [0, 0.05) is 35.4 Å². The summed E-state index contributed by atoms with van der Waals surface area (Å²) in [5.74, 6) is 0. The maximum Gasteiger partial charge on any atom is 0.490 e. The Morgan fingerprint density at radius 2 is 1.41 bits per heavy atom. The average molecular weight is 813 g/mol. The quantitative estimate of drug-likeness (QED) is 0.0437. The minimum Gasteiger partial charge on any atom is -0.387 e. The van der Waals surface area contributed by atoms with Crippen molar-refractivity contribution in [3.8, 4) is 0 Å². The summed E-state index contributed by atoms with van der Waals surface area (Å²) in [7, 11) is -24.0. The molecule has 11 atom stereocenters. The number of aliphatic hydroxyl groups excluding tert-OH is 2. The van der Waals surface area contributed by atoms with Crippen molar-refractivity contribution in [1.29, 1.82) is 0 Å². The van der Waals surface area contributed by atoms with E-state index in [1.807, 2.05) is 9.97 Å². The normalized spacial score (nSPS) is 29.7. The Kier molecular flexibility index (Phi) is 12.5. The first-order valence-corrected chi connectivity index (χ1v) is 19.6. The van der Waals surface area contributed by atoms with E-state index < -0.39 is 110 Å². The van der Waals surface area contributed by atoms with Crippen LogP contribution < -0.4 is 22.5 Å². The fourth-order valence-electron chi connectivity index (χ4n) is 4.55. The van der Waals surface area contributed by atoms with Crippen molar-refractivity contribution >= 4 is 31.3 Å². The van der Waals surface area contributed by atoms with Gasteiger partial charge >= 0.3 is 42.7 Å². The van der Waals surface area contributed by atoms with Crippen molar-refractivity contribution in [2.24, 2.45) is 5.11 Å². The van der Waals surface area contributed by atoms with Gasteiger partial charge < -0.3 is 39.3 Å². The van der Waals surface area contributed by atoms with Gasteiger partial charge in [0.25, 0.3) is 11.1 Å². The lowest BCUT2D eigenvalue weighted by Gasteiger charge is -2.21. The number of nitrogens with one attached hydrogen (secondary N) is 2. The van der Waals surface area contributed by atoms with Crippen LogP contribution in [0, 0.1) is 6.92 Å².